The third kappa shape index (κ3) is 3.30. The monoisotopic (exact) mass is 237 g/mol. The highest BCUT2D eigenvalue weighted by atomic mass is 14.7. The highest BCUT2D eigenvalue weighted by Crippen LogP contribution is 2.16. The molecule has 0 bridgehead atoms. The van der Waals surface area contributed by atoms with Gasteiger partial charge in [-0.3, -0.25) is 4.98 Å². The smallest absolute Gasteiger partial charge is 0.0469 e. The molecule has 0 saturated carbocycles. The lowest BCUT2D eigenvalue weighted by Crippen LogP contribution is -1.92. The molecule has 1 nitrogen and oxygen atoms in total. The van der Waals surface area contributed by atoms with Gasteiger partial charge in [-0.1, -0.05) is 54.5 Å². The number of hydrogen-bond donors (Lipinski definition) is 0. The van der Waals surface area contributed by atoms with Crippen LogP contribution in [-0.4, -0.2) is 4.98 Å². The van der Waals surface area contributed by atoms with Crippen LogP contribution in [-0.2, 0) is 0 Å². The van der Waals surface area contributed by atoms with Gasteiger partial charge in [-0.25, -0.2) is 0 Å². The SMILES string of the molecule is Cc1cc(C)cc(C=CC(C)c2ccccn2)c1. The summed E-state index contributed by atoms with van der Waals surface area (Å²) in [7, 11) is 0. The molecule has 1 unspecified atom stereocenters. The van der Waals surface area contributed by atoms with Crippen LogP contribution in [0.3, 0.4) is 0 Å². The van der Waals surface area contributed by atoms with Gasteiger partial charge in [0.25, 0.3) is 0 Å². The molecule has 18 heavy (non-hydrogen) atoms. The maximum atomic E-state index is 4.37. The normalized spacial score (nSPS) is 12.8. The summed E-state index contributed by atoms with van der Waals surface area (Å²) in [6, 6.07) is 12.6. The van der Waals surface area contributed by atoms with E-state index in [-0.39, 0.29) is 0 Å². The van der Waals surface area contributed by atoms with Crippen molar-refractivity contribution in [2.24, 2.45) is 0 Å². The molecule has 1 atom stereocenters. The number of rotatable bonds is 3. The van der Waals surface area contributed by atoms with Crippen molar-refractivity contribution in [3.63, 3.8) is 0 Å². The number of benzene rings is 1. The van der Waals surface area contributed by atoms with E-state index in [0.29, 0.717) is 5.92 Å². The van der Waals surface area contributed by atoms with E-state index in [2.05, 4.69) is 62.2 Å². The molecule has 0 aliphatic rings. The van der Waals surface area contributed by atoms with Crippen LogP contribution < -0.4 is 0 Å². The molecule has 0 aliphatic carbocycles. The van der Waals surface area contributed by atoms with Crippen LogP contribution in [0.15, 0.2) is 48.7 Å². The minimum absolute atomic E-state index is 0.340. The summed E-state index contributed by atoms with van der Waals surface area (Å²) < 4.78 is 0. The fraction of sp³-hybridized carbons (Fsp3) is 0.235. The zero-order valence-electron chi connectivity index (χ0n) is 11.2. The third-order valence-electron chi connectivity index (χ3n) is 2.98. The van der Waals surface area contributed by atoms with Crippen LogP contribution in [0.25, 0.3) is 6.08 Å². The Kier molecular flexibility index (Phi) is 3.93. The number of aromatic nitrogens is 1. The molecule has 0 radical (unpaired) electrons. The summed E-state index contributed by atoms with van der Waals surface area (Å²) in [4.78, 5) is 4.37. The first-order chi connectivity index (χ1) is 8.65. The Bertz CT molecular complexity index is 521. The van der Waals surface area contributed by atoms with Gasteiger partial charge in [-0.15, -0.1) is 0 Å². The summed E-state index contributed by atoms with van der Waals surface area (Å²) in [5, 5.41) is 0. The maximum Gasteiger partial charge on any atom is 0.0469 e. The molecule has 2 aromatic rings. The molecule has 0 fully saturated rings. The van der Waals surface area contributed by atoms with Gasteiger partial charge in [-0.05, 0) is 31.5 Å². The van der Waals surface area contributed by atoms with E-state index in [1.165, 1.54) is 16.7 Å². The summed E-state index contributed by atoms with van der Waals surface area (Å²) in [6.07, 6.45) is 6.23. The van der Waals surface area contributed by atoms with Crippen molar-refractivity contribution in [2.75, 3.05) is 0 Å². The molecule has 1 heteroatoms. The minimum atomic E-state index is 0.340. The average molecular weight is 237 g/mol. The van der Waals surface area contributed by atoms with Crippen molar-refractivity contribution >= 4 is 6.08 Å². The van der Waals surface area contributed by atoms with Crippen molar-refractivity contribution in [2.45, 2.75) is 26.7 Å². The van der Waals surface area contributed by atoms with Gasteiger partial charge < -0.3 is 0 Å². The number of hydrogen-bond acceptors (Lipinski definition) is 1. The van der Waals surface area contributed by atoms with Crippen LogP contribution in [0.5, 0.6) is 0 Å². The maximum absolute atomic E-state index is 4.37. The zero-order chi connectivity index (χ0) is 13.0. The van der Waals surface area contributed by atoms with Gasteiger partial charge in [0.2, 0.25) is 0 Å². The van der Waals surface area contributed by atoms with Gasteiger partial charge >= 0.3 is 0 Å². The van der Waals surface area contributed by atoms with E-state index in [4.69, 9.17) is 0 Å². The van der Waals surface area contributed by atoms with Gasteiger partial charge in [0, 0.05) is 17.8 Å². The molecule has 0 amide bonds. The first kappa shape index (κ1) is 12.6. The van der Waals surface area contributed by atoms with Crippen LogP contribution in [0.1, 0.15) is 35.2 Å². The van der Waals surface area contributed by atoms with Crippen LogP contribution in [0.4, 0.5) is 0 Å². The molecule has 0 spiro atoms. The Hall–Kier alpha value is -1.89. The van der Waals surface area contributed by atoms with Crippen LogP contribution in [0.2, 0.25) is 0 Å². The second-order valence-corrected chi connectivity index (χ2v) is 4.82. The molecule has 1 heterocycles. The lowest BCUT2D eigenvalue weighted by Gasteiger charge is -2.05. The van der Waals surface area contributed by atoms with E-state index < -0.39 is 0 Å². The first-order valence-corrected chi connectivity index (χ1v) is 6.32. The summed E-state index contributed by atoms with van der Waals surface area (Å²) in [5.41, 5.74) is 4.98. The summed E-state index contributed by atoms with van der Waals surface area (Å²) in [5.74, 6) is 0.340. The first-order valence-electron chi connectivity index (χ1n) is 6.32. The number of nitrogens with zero attached hydrogens (tertiary/aromatic N) is 1. The molecule has 0 saturated heterocycles. The number of pyridine rings is 1. The highest BCUT2D eigenvalue weighted by molar-refractivity contribution is 5.52. The Labute approximate surface area is 109 Å². The average Bonchev–Trinajstić information content (AvgIpc) is 2.36. The largest absolute Gasteiger partial charge is 0.261 e. The highest BCUT2D eigenvalue weighted by Gasteiger charge is 2.01. The van der Waals surface area contributed by atoms with Gasteiger partial charge in [0.05, 0.1) is 0 Å². The van der Waals surface area contributed by atoms with Crippen LogP contribution >= 0.6 is 0 Å². The molecule has 1 aromatic heterocycles. The molecule has 0 N–H and O–H groups in total. The van der Waals surface area contributed by atoms with E-state index in [1.54, 1.807) is 0 Å². The number of aryl methyl sites for hydroxylation is 2. The van der Waals surface area contributed by atoms with E-state index in [9.17, 15) is 0 Å². The summed E-state index contributed by atoms with van der Waals surface area (Å²) in [6.45, 7) is 6.43. The second-order valence-electron chi connectivity index (χ2n) is 4.82. The van der Waals surface area contributed by atoms with E-state index in [0.717, 1.165) is 5.69 Å². The quantitative estimate of drug-likeness (QED) is 0.765. The Morgan fingerprint density at radius 2 is 1.78 bits per heavy atom. The molecule has 2 rings (SSSR count). The lowest BCUT2D eigenvalue weighted by atomic mass is 10.0. The number of allylic oxidation sites excluding steroid dienone is 1. The minimum Gasteiger partial charge on any atom is -0.261 e. The fourth-order valence-electron chi connectivity index (χ4n) is 2.11. The molecule has 0 aliphatic heterocycles. The standard InChI is InChI=1S/C17H19N/c1-13-10-14(2)12-16(11-13)8-7-15(3)17-6-4-5-9-18-17/h4-12,15H,1-3H3. The van der Waals surface area contributed by atoms with E-state index in [1.807, 2.05) is 18.3 Å². The zero-order valence-corrected chi connectivity index (χ0v) is 11.2. The molecular weight excluding hydrogens is 218 g/mol. The second kappa shape index (κ2) is 5.63. The lowest BCUT2D eigenvalue weighted by molar-refractivity contribution is 0.911. The van der Waals surface area contributed by atoms with Crippen molar-refractivity contribution < 1.29 is 0 Å². The van der Waals surface area contributed by atoms with Gasteiger partial charge in [-0.2, -0.15) is 0 Å². The molecule has 92 valence electrons. The predicted octanol–water partition coefficient (Wildman–Crippen LogP) is 4.52. The van der Waals surface area contributed by atoms with E-state index >= 15 is 0 Å². The van der Waals surface area contributed by atoms with Crippen molar-refractivity contribution in [3.8, 4) is 0 Å². The van der Waals surface area contributed by atoms with Crippen molar-refractivity contribution in [1.29, 1.82) is 0 Å². The summed E-state index contributed by atoms with van der Waals surface area (Å²) >= 11 is 0. The van der Waals surface area contributed by atoms with Crippen molar-refractivity contribution in [1.82, 2.24) is 4.98 Å². The fourth-order valence-corrected chi connectivity index (χ4v) is 2.11. The van der Waals surface area contributed by atoms with Gasteiger partial charge in [0.15, 0.2) is 0 Å². The van der Waals surface area contributed by atoms with Gasteiger partial charge in [0.1, 0.15) is 0 Å². The molecule has 1 aromatic carbocycles. The van der Waals surface area contributed by atoms with Crippen LogP contribution in [0, 0.1) is 13.8 Å². The Morgan fingerprint density at radius 3 is 2.39 bits per heavy atom. The molecular formula is C17H19N. The Morgan fingerprint density at radius 1 is 1.06 bits per heavy atom. The Balaban J connectivity index is 2.15. The van der Waals surface area contributed by atoms with Crippen molar-refractivity contribution in [3.05, 3.63) is 71.1 Å². The topological polar surface area (TPSA) is 12.9 Å². The predicted molar refractivity (Wildman–Crippen MR) is 77.6 cm³/mol. The third-order valence-corrected chi connectivity index (χ3v) is 2.98.